The monoisotopic (exact) mass is 499 g/mol. The van der Waals surface area contributed by atoms with Crippen molar-refractivity contribution in [2.75, 3.05) is 6.61 Å². The highest BCUT2D eigenvalue weighted by Gasteiger charge is 2.54. The molecular weight excluding hydrogens is 450 g/mol. The number of aliphatic hydroxyl groups excluding tert-OH is 1. The number of benzene rings is 1. The van der Waals surface area contributed by atoms with Crippen LogP contribution in [0.2, 0.25) is 0 Å². The van der Waals surface area contributed by atoms with Gasteiger partial charge in [-0.05, 0) is 58.4 Å². The second-order valence-electron chi connectivity index (χ2n) is 11.8. The summed E-state index contributed by atoms with van der Waals surface area (Å²) in [4.78, 5) is 15.7. The lowest BCUT2D eigenvalue weighted by Gasteiger charge is -2.48. The fraction of sp³-hybridized carbons (Fsp3) is 0.710. The van der Waals surface area contributed by atoms with E-state index in [4.69, 9.17) is 9.47 Å². The molecule has 5 nitrogen and oxygen atoms in total. The van der Waals surface area contributed by atoms with Crippen molar-refractivity contribution in [1.82, 2.24) is 4.90 Å². The third kappa shape index (κ3) is 8.08. The molecule has 0 bridgehead atoms. The molecule has 1 heterocycles. The number of likely N-dealkylation sites (tertiary alicyclic amines) is 1. The van der Waals surface area contributed by atoms with Gasteiger partial charge < -0.3 is 14.6 Å². The molecule has 1 aliphatic carbocycles. The lowest BCUT2D eigenvalue weighted by molar-refractivity contribution is -0.0347. The van der Waals surface area contributed by atoms with Crippen LogP contribution in [0.4, 0.5) is 4.79 Å². The number of ether oxygens (including phenoxy) is 2. The summed E-state index contributed by atoms with van der Waals surface area (Å²) in [6.07, 6.45) is 15.2. The minimum atomic E-state index is -0.551. The van der Waals surface area contributed by atoms with Gasteiger partial charge in [0.1, 0.15) is 5.60 Å². The second kappa shape index (κ2) is 13.6. The van der Waals surface area contributed by atoms with Crippen LogP contribution in [0.15, 0.2) is 42.5 Å². The van der Waals surface area contributed by atoms with E-state index >= 15 is 0 Å². The average molecular weight is 500 g/mol. The Morgan fingerprint density at radius 3 is 2.64 bits per heavy atom. The van der Waals surface area contributed by atoms with E-state index in [1.54, 1.807) is 0 Å². The first-order valence-electron chi connectivity index (χ1n) is 14.3. The predicted octanol–water partition coefficient (Wildman–Crippen LogP) is 7.42. The minimum Gasteiger partial charge on any atom is -0.444 e. The second-order valence-corrected chi connectivity index (χ2v) is 11.8. The quantitative estimate of drug-likeness (QED) is 0.254. The van der Waals surface area contributed by atoms with Gasteiger partial charge in [-0.3, -0.25) is 4.90 Å². The van der Waals surface area contributed by atoms with Crippen molar-refractivity contribution < 1.29 is 19.4 Å². The summed E-state index contributed by atoms with van der Waals surface area (Å²) in [7, 11) is 0. The molecule has 1 aromatic rings. The zero-order valence-electron chi connectivity index (χ0n) is 23.1. The number of nitrogens with zero attached hydrogens (tertiary/aromatic N) is 1. The smallest absolute Gasteiger partial charge is 0.411 e. The number of hydrogen-bond donors (Lipinski definition) is 1. The summed E-state index contributed by atoms with van der Waals surface area (Å²) in [5.41, 5.74) is 0.325. The Labute approximate surface area is 219 Å². The molecule has 1 aromatic carbocycles. The van der Waals surface area contributed by atoms with Gasteiger partial charge in [0.15, 0.2) is 0 Å². The van der Waals surface area contributed by atoms with Gasteiger partial charge in [0.05, 0.1) is 30.9 Å². The molecule has 1 saturated heterocycles. The molecule has 3 rings (SSSR count). The van der Waals surface area contributed by atoms with Crippen molar-refractivity contribution in [1.29, 1.82) is 0 Å². The molecule has 1 aliphatic heterocycles. The topological polar surface area (TPSA) is 59.0 Å². The van der Waals surface area contributed by atoms with Crippen molar-refractivity contribution in [3.05, 3.63) is 48.0 Å². The third-order valence-electron chi connectivity index (χ3n) is 7.75. The molecule has 2 fully saturated rings. The van der Waals surface area contributed by atoms with Gasteiger partial charge in [-0.1, -0.05) is 87.9 Å². The average Bonchev–Trinajstić information content (AvgIpc) is 3.19. The molecule has 1 amide bonds. The number of hydrogen-bond acceptors (Lipinski definition) is 4. The Morgan fingerprint density at radius 2 is 1.92 bits per heavy atom. The normalized spacial score (nSPS) is 25.5. The molecule has 0 aromatic heterocycles. The van der Waals surface area contributed by atoms with Crippen LogP contribution in [0, 0.1) is 5.92 Å². The fourth-order valence-corrected chi connectivity index (χ4v) is 5.99. The number of rotatable bonds is 11. The maximum Gasteiger partial charge on any atom is 0.411 e. The van der Waals surface area contributed by atoms with Gasteiger partial charge in [0.2, 0.25) is 0 Å². The van der Waals surface area contributed by atoms with Crippen molar-refractivity contribution >= 4 is 6.09 Å². The van der Waals surface area contributed by atoms with Crippen LogP contribution in [0.3, 0.4) is 0 Å². The Hall–Kier alpha value is -1.85. The Balaban J connectivity index is 1.74. The number of carbonyl (C=O) groups excluding carboxylic acids is 1. The summed E-state index contributed by atoms with van der Waals surface area (Å²) in [6.45, 7) is 9.05. The standard InChI is InChI=1S/C31H49NO4/c1-5-6-7-11-17-28(33)19-18-26-16-12-13-21-31(26)22-20-27(32(31)29(34)36-30(2,3)4)24-35-23-25-14-9-8-10-15-25/h8-10,14-15,18-19,26-28,33H,5-7,11-13,16-17,20-24H2,1-4H3/b19-18+/t26-,27-,28-,31-/m0/s1. The van der Waals surface area contributed by atoms with Crippen LogP contribution in [-0.2, 0) is 16.1 Å². The van der Waals surface area contributed by atoms with E-state index in [0.29, 0.717) is 13.2 Å². The highest BCUT2D eigenvalue weighted by Crippen LogP contribution is 2.49. The molecule has 202 valence electrons. The molecule has 2 aliphatic rings. The van der Waals surface area contributed by atoms with Crippen molar-refractivity contribution in [3.63, 3.8) is 0 Å². The largest absolute Gasteiger partial charge is 0.444 e. The SMILES string of the molecule is CCCCCC[C@H](O)/C=C/[C@@H]1CCCC[C@]12CC[C@@H](COCc1ccccc1)N2C(=O)OC(C)(C)C. The summed E-state index contributed by atoms with van der Waals surface area (Å²) < 4.78 is 12.1. The first-order valence-corrected chi connectivity index (χ1v) is 14.3. The molecule has 0 unspecified atom stereocenters. The van der Waals surface area contributed by atoms with Crippen LogP contribution >= 0.6 is 0 Å². The lowest BCUT2D eigenvalue weighted by atomic mass is 9.71. The zero-order valence-corrected chi connectivity index (χ0v) is 23.1. The molecule has 0 radical (unpaired) electrons. The van der Waals surface area contributed by atoms with E-state index in [0.717, 1.165) is 56.9 Å². The van der Waals surface area contributed by atoms with Gasteiger partial charge in [0, 0.05) is 5.92 Å². The van der Waals surface area contributed by atoms with E-state index in [1.165, 1.54) is 19.3 Å². The van der Waals surface area contributed by atoms with Gasteiger partial charge in [-0.2, -0.15) is 0 Å². The van der Waals surface area contributed by atoms with Gasteiger partial charge in [0.25, 0.3) is 0 Å². The van der Waals surface area contributed by atoms with Gasteiger partial charge in [-0.25, -0.2) is 4.79 Å². The van der Waals surface area contributed by atoms with E-state index < -0.39 is 11.7 Å². The van der Waals surface area contributed by atoms with Gasteiger partial charge >= 0.3 is 6.09 Å². The summed E-state index contributed by atoms with van der Waals surface area (Å²) in [6, 6.07) is 10.2. The van der Waals surface area contributed by atoms with Gasteiger partial charge in [-0.15, -0.1) is 0 Å². The van der Waals surface area contributed by atoms with E-state index in [9.17, 15) is 9.90 Å². The summed E-state index contributed by atoms with van der Waals surface area (Å²) in [5.74, 6) is 0.225. The predicted molar refractivity (Wildman–Crippen MR) is 146 cm³/mol. The Kier molecular flexibility index (Phi) is 10.9. The number of carbonyl (C=O) groups is 1. The molecule has 1 saturated carbocycles. The summed E-state index contributed by atoms with van der Waals surface area (Å²) >= 11 is 0. The van der Waals surface area contributed by atoms with E-state index in [1.807, 2.05) is 49.9 Å². The molecular formula is C31H49NO4. The molecule has 36 heavy (non-hydrogen) atoms. The number of unbranched alkanes of at least 4 members (excludes halogenated alkanes) is 3. The van der Waals surface area contributed by atoms with Crippen molar-refractivity contribution in [3.8, 4) is 0 Å². The molecule has 4 atom stereocenters. The van der Waals surface area contributed by atoms with Crippen LogP contribution in [-0.4, -0.2) is 46.0 Å². The highest BCUT2D eigenvalue weighted by atomic mass is 16.6. The molecule has 1 N–H and O–H groups in total. The first-order chi connectivity index (χ1) is 17.2. The first kappa shape index (κ1) is 28.7. The van der Waals surface area contributed by atoms with Crippen LogP contribution in [0.5, 0.6) is 0 Å². The molecule has 5 heteroatoms. The van der Waals surface area contributed by atoms with Crippen molar-refractivity contribution in [2.24, 2.45) is 5.92 Å². The maximum atomic E-state index is 13.6. The van der Waals surface area contributed by atoms with Crippen LogP contribution in [0.1, 0.15) is 104 Å². The lowest BCUT2D eigenvalue weighted by Crippen LogP contribution is -2.57. The third-order valence-corrected chi connectivity index (χ3v) is 7.75. The number of aliphatic hydroxyl groups is 1. The highest BCUT2D eigenvalue weighted by molar-refractivity contribution is 5.70. The van der Waals surface area contributed by atoms with E-state index in [-0.39, 0.29) is 23.6 Å². The molecule has 1 spiro atoms. The van der Waals surface area contributed by atoms with E-state index in [2.05, 4.69) is 25.1 Å². The maximum absolute atomic E-state index is 13.6. The van der Waals surface area contributed by atoms with Crippen molar-refractivity contribution in [2.45, 2.75) is 128 Å². The fourth-order valence-electron chi connectivity index (χ4n) is 5.99. The number of amides is 1. The van der Waals surface area contributed by atoms with Crippen LogP contribution in [0.25, 0.3) is 0 Å². The Bertz CT molecular complexity index is 818. The van der Waals surface area contributed by atoms with Crippen LogP contribution < -0.4 is 0 Å². The Morgan fingerprint density at radius 1 is 1.14 bits per heavy atom. The summed E-state index contributed by atoms with van der Waals surface area (Å²) in [5, 5.41) is 10.6. The zero-order chi connectivity index (χ0) is 26.0. The minimum absolute atomic E-state index is 0.00321.